The summed E-state index contributed by atoms with van der Waals surface area (Å²) in [7, 11) is 0. The number of anilines is 1. The van der Waals surface area contributed by atoms with Crippen LogP contribution in [0.3, 0.4) is 0 Å². The van der Waals surface area contributed by atoms with E-state index >= 15 is 0 Å². The summed E-state index contributed by atoms with van der Waals surface area (Å²) in [4.78, 5) is 12.2. The van der Waals surface area contributed by atoms with Crippen LogP contribution in [0, 0.1) is 6.92 Å². The number of benzene rings is 2. The average molecular weight is 337 g/mol. The molecule has 0 saturated heterocycles. The SMILES string of the molecule is Cc1cccc(C(=O)Nc2nnc(C3COc4ccccc4O3)o2)c1. The van der Waals surface area contributed by atoms with Crippen molar-refractivity contribution in [1.29, 1.82) is 0 Å². The summed E-state index contributed by atoms with van der Waals surface area (Å²) in [6, 6.07) is 14.6. The Balaban J connectivity index is 1.47. The molecule has 25 heavy (non-hydrogen) atoms. The predicted molar refractivity (Wildman–Crippen MR) is 88.7 cm³/mol. The first kappa shape index (κ1) is 15.2. The third-order valence-electron chi connectivity index (χ3n) is 3.73. The molecule has 0 bridgehead atoms. The smallest absolute Gasteiger partial charge is 0.322 e. The normalized spacial score (nSPS) is 15.6. The van der Waals surface area contributed by atoms with Gasteiger partial charge in [-0.25, -0.2) is 0 Å². The van der Waals surface area contributed by atoms with Crippen molar-refractivity contribution < 1.29 is 18.7 Å². The van der Waals surface area contributed by atoms with E-state index in [2.05, 4.69) is 15.5 Å². The summed E-state index contributed by atoms with van der Waals surface area (Å²) in [6.45, 7) is 2.17. The number of para-hydroxylation sites is 2. The molecule has 0 spiro atoms. The number of fused-ring (bicyclic) bond motifs is 1. The summed E-state index contributed by atoms with van der Waals surface area (Å²) in [5, 5.41) is 10.4. The van der Waals surface area contributed by atoms with Gasteiger partial charge < -0.3 is 13.9 Å². The van der Waals surface area contributed by atoms with Crippen LogP contribution in [0.2, 0.25) is 0 Å². The minimum absolute atomic E-state index is 0.0176. The molecule has 1 aromatic heterocycles. The van der Waals surface area contributed by atoms with Crippen LogP contribution in [-0.2, 0) is 0 Å². The molecular formula is C18H15N3O4. The van der Waals surface area contributed by atoms with Crippen molar-refractivity contribution in [3.63, 3.8) is 0 Å². The summed E-state index contributed by atoms with van der Waals surface area (Å²) in [5.74, 6) is 1.22. The highest BCUT2D eigenvalue weighted by molar-refractivity contribution is 6.03. The van der Waals surface area contributed by atoms with Crippen LogP contribution < -0.4 is 14.8 Å². The number of nitrogens with one attached hydrogen (secondary N) is 1. The molecule has 4 rings (SSSR count). The number of hydrogen-bond donors (Lipinski definition) is 1. The van der Waals surface area contributed by atoms with E-state index in [1.54, 1.807) is 18.2 Å². The second-order valence-corrected chi connectivity index (χ2v) is 5.63. The van der Waals surface area contributed by atoms with Gasteiger partial charge >= 0.3 is 6.01 Å². The van der Waals surface area contributed by atoms with Crippen molar-refractivity contribution in [1.82, 2.24) is 10.2 Å². The average Bonchev–Trinajstić information content (AvgIpc) is 3.10. The van der Waals surface area contributed by atoms with E-state index in [0.717, 1.165) is 5.56 Å². The Labute approximate surface area is 143 Å². The lowest BCUT2D eigenvalue weighted by molar-refractivity contribution is 0.0716. The quantitative estimate of drug-likeness (QED) is 0.790. The van der Waals surface area contributed by atoms with Gasteiger partial charge in [-0.3, -0.25) is 10.1 Å². The number of nitrogens with zero attached hydrogens (tertiary/aromatic N) is 2. The zero-order valence-corrected chi connectivity index (χ0v) is 13.4. The molecule has 0 fully saturated rings. The van der Waals surface area contributed by atoms with Crippen LogP contribution in [-0.4, -0.2) is 22.7 Å². The number of aromatic nitrogens is 2. The minimum atomic E-state index is -0.521. The maximum Gasteiger partial charge on any atom is 0.322 e. The van der Waals surface area contributed by atoms with E-state index in [1.165, 1.54) is 0 Å². The number of hydrogen-bond acceptors (Lipinski definition) is 6. The molecule has 7 nitrogen and oxygen atoms in total. The van der Waals surface area contributed by atoms with E-state index < -0.39 is 6.10 Å². The molecule has 0 saturated carbocycles. The monoisotopic (exact) mass is 337 g/mol. The summed E-state index contributed by atoms with van der Waals surface area (Å²) < 4.78 is 16.9. The summed E-state index contributed by atoms with van der Waals surface area (Å²) in [6.07, 6.45) is -0.521. The molecule has 2 aromatic carbocycles. The highest BCUT2D eigenvalue weighted by Gasteiger charge is 2.27. The molecule has 1 atom stereocenters. The number of aryl methyl sites for hydroxylation is 1. The van der Waals surface area contributed by atoms with Crippen molar-refractivity contribution in [2.45, 2.75) is 13.0 Å². The predicted octanol–water partition coefficient (Wildman–Crippen LogP) is 3.14. The third-order valence-corrected chi connectivity index (χ3v) is 3.73. The zero-order chi connectivity index (χ0) is 17.2. The molecular weight excluding hydrogens is 322 g/mol. The van der Waals surface area contributed by atoms with Crippen LogP contribution in [0.25, 0.3) is 0 Å². The maximum absolute atomic E-state index is 12.2. The highest BCUT2D eigenvalue weighted by Crippen LogP contribution is 2.35. The van der Waals surface area contributed by atoms with Gasteiger partial charge in [0.25, 0.3) is 11.8 Å². The van der Waals surface area contributed by atoms with E-state index in [0.29, 0.717) is 17.1 Å². The molecule has 1 amide bonds. The molecule has 3 aromatic rings. The molecule has 2 heterocycles. The Bertz CT molecular complexity index is 922. The second kappa shape index (κ2) is 6.27. The highest BCUT2D eigenvalue weighted by atomic mass is 16.6. The second-order valence-electron chi connectivity index (χ2n) is 5.63. The van der Waals surface area contributed by atoms with Crippen LogP contribution in [0.5, 0.6) is 11.5 Å². The molecule has 0 aliphatic carbocycles. The lowest BCUT2D eigenvalue weighted by Crippen LogP contribution is -2.21. The fourth-order valence-corrected chi connectivity index (χ4v) is 2.51. The Hall–Kier alpha value is -3.35. The van der Waals surface area contributed by atoms with Crippen LogP contribution in [0.4, 0.5) is 6.01 Å². The molecule has 1 aliphatic rings. The molecule has 1 aliphatic heterocycles. The van der Waals surface area contributed by atoms with Gasteiger partial charge in [0, 0.05) is 5.56 Å². The largest absolute Gasteiger partial charge is 0.485 e. The van der Waals surface area contributed by atoms with Crippen molar-refractivity contribution in [3.8, 4) is 11.5 Å². The number of carbonyl (C=O) groups is 1. The van der Waals surface area contributed by atoms with Gasteiger partial charge in [-0.15, -0.1) is 5.10 Å². The van der Waals surface area contributed by atoms with Gasteiger partial charge in [0.1, 0.15) is 6.61 Å². The van der Waals surface area contributed by atoms with Crippen molar-refractivity contribution in [2.24, 2.45) is 0 Å². The summed E-state index contributed by atoms with van der Waals surface area (Å²) in [5.41, 5.74) is 1.51. The number of amides is 1. The molecule has 0 radical (unpaired) electrons. The first-order valence-corrected chi connectivity index (χ1v) is 7.79. The van der Waals surface area contributed by atoms with Gasteiger partial charge in [-0.2, -0.15) is 0 Å². The lowest BCUT2D eigenvalue weighted by atomic mass is 10.1. The fourth-order valence-electron chi connectivity index (χ4n) is 2.51. The van der Waals surface area contributed by atoms with Crippen LogP contribution in [0.15, 0.2) is 52.9 Å². The Morgan fingerprint density at radius 2 is 1.96 bits per heavy atom. The topological polar surface area (TPSA) is 86.5 Å². The Morgan fingerprint density at radius 1 is 1.12 bits per heavy atom. The summed E-state index contributed by atoms with van der Waals surface area (Å²) >= 11 is 0. The van der Waals surface area contributed by atoms with Crippen molar-refractivity contribution >= 4 is 11.9 Å². The molecule has 1 unspecified atom stereocenters. The zero-order valence-electron chi connectivity index (χ0n) is 13.4. The van der Waals surface area contributed by atoms with Crippen molar-refractivity contribution in [2.75, 3.05) is 11.9 Å². The van der Waals surface area contributed by atoms with Gasteiger partial charge in [0.05, 0.1) is 0 Å². The van der Waals surface area contributed by atoms with Gasteiger partial charge in [0.2, 0.25) is 6.10 Å². The van der Waals surface area contributed by atoms with E-state index in [-0.39, 0.29) is 24.4 Å². The first-order chi connectivity index (χ1) is 12.2. The number of carbonyl (C=O) groups excluding carboxylic acids is 1. The minimum Gasteiger partial charge on any atom is -0.485 e. The number of ether oxygens (including phenoxy) is 2. The maximum atomic E-state index is 12.2. The standard InChI is InChI=1S/C18H15N3O4/c1-11-5-4-6-12(9-11)16(22)19-18-21-20-17(25-18)15-10-23-13-7-2-3-8-14(13)24-15/h2-9,15H,10H2,1H3,(H,19,21,22). The Morgan fingerprint density at radius 3 is 2.80 bits per heavy atom. The third kappa shape index (κ3) is 3.16. The van der Waals surface area contributed by atoms with E-state index in [4.69, 9.17) is 13.9 Å². The van der Waals surface area contributed by atoms with Crippen molar-refractivity contribution in [3.05, 3.63) is 65.5 Å². The molecule has 126 valence electrons. The molecule has 7 heteroatoms. The first-order valence-electron chi connectivity index (χ1n) is 7.79. The van der Waals surface area contributed by atoms with Crippen LogP contribution in [0.1, 0.15) is 27.9 Å². The van der Waals surface area contributed by atoms with Gasteiger partial charge in [0.15, 0.2) is 11.5 Å². The van der Waals surface area contributed by atoms with E-state index in [9.17, 15) is 4.79 Å². The van der Waals surface area contributed by atoms with E-state index in [1.807, 2.05) is 37.3 Å². The number of rotatable bonds is 3. The van der Waals surface area contributed by atoms with Gasteiger partial charge in [-0.1, -0.05) is 34.9 Å². The molecule has 1 N–H and O–H groups in total. The van der Waals surface area contributed by atoms with Gasteiger partial charge in [-0.05, 0) is 31.2 Å². The Kier molecular flexibility index (Phi) is 3.81. The lowest BCUT2D eigenvalue weighted by Gasteiger charge is -2.23. The fraction of sp³-hybridized carbons (Fsp3) is 0.167. The van der Waals surface area contributed by atoms with Crippen LogP contribution >= 0.6 is 0 Å².